The zero-order valence-corrected chi connectivity index (χ0v) is 14.2. The van der Waals surface area contributed by atoms with Crippen LogP contribution in [0.5, 0.6) is 0 Å². The van der Waals surface area contributed by atoms with Crippen molar-refractivity contribution in [3.05, 3.63) is 0 Å². The molecule has 3 rings (SSSR count). The lowest BCUT2D eigenvalue weighted by molar-refractivity contribution is 0.198. The van der Waals surface area contributed by atoms with E-state index >= 15 is 0 Å². The molecule has 0 aromatic carbocycles. The van der Waals surface area contributed by atoms with Gasteiger partial charge in [0, 0.05) is 13.2 Å². The highest BCUT2D eigenvalue weighted by molar-refractivity contribution is 7.39. The number of hydrogen-bond acceptors (Lipinski definition) is 1. The lowest BCUT2D eigenvalue weighted by Crippen LogP contribution is -2.14. The summed E-state index contributed by atoms with van der Waals surface area (Å²) >= 11 is 0. The second-order valence-corrected chi connectivity index (χ2v) is 8.12. The third-order valence-corrected chi connectivity index (χ3v) is 6.61. The lowest BCUT2D eigenvalue weighted by atomic mass is 10.00. The smallest absolute Gasteiger partial charge is 0.0466 e. The summed E-state index contributed by atoms with van der Waals surface area (Å²) < 4.78 is 4.94. The summed E-state index contributed by atoms with van der Waals surface area (Å²) in [7, 11) is 1.33. The van der Waals surface area contributed by atoms with Gasteiger partial charge in [-0.1, -0.05) is 38.5 Å². The Morgan fingerprint density at radius 2 is 1.00 bits per heavy atom. The Bertz CT molecular complexity index is 173. The molecule has 0 aromatic rings. The Morgan fingerprint density at radius 3 is 1.32 bits per heavy atom. The molecule has 3 fully saturated rings. The average Bonchev–Trinajstić information content (AvgIpc) is 3.00. The molecule has 0 atom stereocenters. The zero-order valence-electron chi connectivity index (χ0n) is 12.4. The molecule has 0 radical (unpaired) electrons. The molecule has 114 valence electrons. The van der Waals surface area contributed by atoms with Crippen LogP contribution in [0.25, 0.3) is 0 Å². The molecule has 0 N–H and O–H groups in total. The minimum absolute atomic E-state index is 0. The van der Waals surface area contributed by atoms with Gasteiger partial charge in [0.25, 0.3) is 0 Å². The summed E-state index contributed by atoms with van der Waals surface area (Å²) in [6.45, 7) is 2.00. The van der Waals surface area contributed by atoms with Crippen LogP contribution in [-0.2, 0) is 4.74 Å². The van der Waals surface area contributed by atoms with Crippen molar-refractivity contribution < 1.29 is 4.74 Å². The summed E-state index contributed by atoms with van der Waals surface area (Å²) in [5.74, 6) is 0. The van der Waals surface area contributed by atoms with E-state index in [4.69, 9.17) is 4.74 Å². The molecule has 19 heavy (non-hydrogen) atoms. The third kappa shape index (κ3) is 7.88. The van der Waals surface area contributed by atoms with E-state index in [1.165, 1.54) is 59.9 Å². The molecule has 0 spiro atoms. The van der Waals surface area contributed by atoms with E-state index in [2.05, 4.69) is 0 Å². The van der Waals surface area contributed by atoms with E-state index in [9.17, 15) is 0 Å². The molecular formula is C16H32ClOP. The highest BCUT2D eigenvalue weighted by Crippen LogP contribution is 2.41. The second-order valence-electron chi connectivity index (χ2n) is 6.16. The molecule has 1 nitrogen and oxygen atoms in total. The van der Waals surface area contributed by atoms with Crippen molar-refractivity contribution in [2.75, 3.05) is 13.2 Å². The number of hydrogen-bond donors (Lipinski definition) is 0. The van der Waals surface area contributed by atoms with Gasteiger partial charge in [0.1, 0.15) is 0 Å². The van der Waals surface area contributed by atoms with Crippen molar-refractivity contribution in [1.82, 2.24) is 0 Å². The van der Waals surface area contributed by atoms with Gasteiger partial charge in [-0.25, -0.2) is 0 Å². The molecule has 1 heterocycles. The van der Waals surface area contributed by atoms with Crippen molar-refractivity contribution in [1.29, 1.82) is 0 Å². The number of halogens is 1. The van der Waals surface area contributed by atoms with Crippen LogP contribution >= 0.6 is 21.0 Å². The fourth-order valence-corrected chi connectivity index (χ4v) is 5.53. The first kappa shape index (κ1) is 17.7. The van der Waals surface area contributed by atoms with Crippen molar-refractivity contribution in [3.63, 3.8) is 0 Å². The predicted molar refractivity (Wildman–Crippen MR) is 89.4 cm³/mol. The van der Waals surface area contributed by atoms with Crippen LogP contribution in [0.3, 0.4) is 0 Å². The van der Waals surface area contributed by atoms with Gasteiger partial charge in [-0.3, -0.25) is 0 Å². The predicted octanol–water partition coefficient (Wildman–Crippen LogP) is 5.55. The quantitative estimate of drug-likeness (QED) is 0.608. The third-order valence-electron chi connectivity index (χ3n) is 4.51. The zero-order chi connectivity index (χ0) is 12.5. The number of rotatable bonds is 2. The highest BCUT2D eigenvalue weighted by atomic mass is 35.5. The maximum absolute atomic E-state index is 4.94. The van der Waals surface area contributed by atoms with Gasteiger partial charge in [-0.2, -0.15) is 0 Å². The molecule has 0 amide bonds. The van der Waals surface area contributed by atoms with E-state index in [-0.39, 0.29) is 12.4 Å². The minimum atomic E-state index is 0. The lowest BCUT2D eigenvalue weighted by Gasteiger charge is -2.28. The molecule has 3 aliphatic rings. The van der Waals surface area contributed by atoms with Crippen LogP contribution < -0.4 is 0 Å². The van der Waals surface area contributed by atoms with E-state index < -0.39 is 0 Å². The SMILES string of the molecule is C1CCC(PC2CCCCC2)CC1.C1CCOC1.Cl. The van der Waals surface area contributed by atoms with Gasteiger partial charge in [-0.05, 0) is 49.8 Å². The maximum atomic E-state index is 4.94. The Hall–Kier alpha value is 0.680. The van der Waals surface area contributed by atoms with Gasteiger partial charge in [0.15, 0.2) is 0 Å². The normalized spacial score (nSPS) is 25.3. The van der Waals surface area contributed by atoms with Crippen LogP contribution in [0.4, 0.5) is 0 Å². The van der Waals surface area contributed by atoms with Crippen LogP contribution in [0.2, 0.25) is 0 Å². The summed E-state index contributed by atoms with van der Waals surface area (Å²) in [5.41, 5.74) is 2.30. The van der Waals surface area contributed by atoms with Crippen LogP contribution in [-0.4, -0.2) is 24.5 Å². The molecule has 2 aliphatic carbocycles. The fourth-order valence-electron chi connectivity index (χ4n) is 3.38. The minimum Gasteiger partial charge on any atom is -0.381 e. The fraction of sp³-hybridized carbons (Fsp3) is 1.00. The molecular weight excluding hydrogens is 275 g/mol. The molecule has 2 saturated carbocycles. The molecule has 1 aliphatic heterocycles. The molecule has 1 saturated heterocycles. The molecule has 0 unspecified atom stereocenters. The Balaban J connectivity index is 0.000000256. The summed E-state index contributed by atoms with van der Waals surface area (Å²) in [4.78, 5) is 0. The van der Waals surface area contributed by atoms with Crippen LogP contribution in [0, 0.1) is 0 Å². The van der Waals surface area contributed by atoms with Gasteiger partial charge < -0.3 is 4.74 Å². The van der Waals surface area contributed by atoms with Crippen molar-refractivity contribution >= 4 is 21.0 Å². The van der Waals surface area contributed by atoms with Crippen molar-refractivity contribution in [2.24, 2.45) is 0 Å². The summed E-state index contributed by atoms with van der Waals surface area (Å²) in [6, 6.07) is 0. The Morgan fingerprint density at radius 1 is 0.579 bits per heavy atom. The Labute approximate surface area is 127 Å². The molecule has 0 aromatic heterocycles. The van der Waals surface area contributed by atoms with Gasteiger partial charge in [0.2, 0.25) is 0 Å². The average molecular weight is 307 g/mol. The number of ether oxygens (including phenoxy) is 1. The second kappa shape index (κ2) is 11.4. The Kier molecular flexibility index (Phi) is 10.6. The highest BCUT2D eigenvalue weighted by Gasteiger charge is 2.20. The first-order valence-corrected chi connectivity index (χ1v) is 9.44. The first-order valence-electron chi connectivity index (χ1n) is 8.29. The van der Waals surface area contributed by atoms with Gasteiger partial charge in [-0.15, -0.1) is 21.0 Å². The van der Waals surface area contributed by atoms with Crippen molar-refractivity contribution in [2.45, 2.75) is 88.4 Å². The maximum Gasteiger partial charge on any atom is 0.0466 e. The topological polar surface area (TPSA) is 9.23 Å². The van der Waals surface area contributed by atoms with E-state index in [0.29, 0.717) is 0 Å². The van der Waals surface area contributed by atoms with Gasteiger partial charge >= 0.3 is 0 Å². The standard InChI is InChI=1S/C12H23P.C4H8O.ClH/c1-3-7-11(8-4-1)13-12-9-5-2-6-10-12;1-2-4-5-3-1;/h11-13H,1-10H2;1-4H2;1H. The monoisotopic (exact) mass is 306 g/mol. The summed E-state index contributed by atoms with van der Waals surface area (Å²) in [5, 5.41) is 0. The largest absolute Gasteiger partial charge is 0.381 e. The summed E-state index contributed by atoms with van der Waals surface area (Å²) in [6.07, 6.45) is 18.0. The molecule has 0 bridgehead atoms. The van der Waals surface area contributed by atoms with Crippen LogP contribution in [0.1, 0.15) is 77.0 Å². The van der Waals surface area contributed by atoms with Crippen LogP contribution in [0.15, 0.2) is 0 Å². The van der Waals surface area contributed by atoms with Gasteiger partial charge in [0.05, 0.1) is 0 Å². The van der Waals surface area contributed by atoms with E-state index in [1.807, 2.05) is 0 Å². The van der Waals surface area contributed by atoms with E-state index in [0.717, 1.165) is 24.5 Å². The van der Waals surface area contributed by atoms with E-state index in [1.54, 1.807) is 25.7 Å². The van der Waals surface area contributed by atoms with Crippen molar-refractivity contribution in [3.8, 4) is 0 Å². The first-order chi connectivity index (χ1) is 8.95. The molecule has 3 heteroatoms.